The predicted molar refractivity (Wildman–Crippen MR) is 185 cm³/mol. The highest BCUT2D eigenvalue weighted by molar-refractivity contribution is 5.73. The van der Waals surface area contributed by atoms with Crippen LogP contribution >= 0.6 is 0 Å². The second kappa shape index (κ2) is 17.6. The van der Waals surface area contributed by atoms with Gasteiger partial charge in [-0.25, -0.2) is 9.59 Å². The number of rotatable bonds is 14. The number of phenols is 1. The van der Waals surface area contributed by atoms with Gasteiger partial charge in [0.05, 0.1) is 5.60 Å². The molecule has 1 atom stereocenters. The van der Waals surface area contributed by atoms with Gasteiger partial charge >= 0.3 is 12.3 Å². The van der Waals surface area contributed by atoms with E-state index < -0.39 is 29.1 Å². The summed E-state index contributed by atoms with van der Waals surface area (Å²) in [5.74, 6) is -0.336. The molecule has 0 bridgehead atoms. The summed E-state index contributed by atoms with van der Waals surface area (Å²) >= 11 is 0. The van der Waals surface area contributed by atoms with Crippen molar-refractivity contribution < 1.29 is 38.7 Å². The average Bonchev–Trinajstić information content (AvgIpc) is 2.87. The molecule has 0 saturated carbocycles. The quantitative estimate of drug-likeness (QED) is 0.117. The Hall–Kier alpha value is -3.26. The van der Waals surface area contributed by atoms with Crippen molar-refractivity contribution in [2.24, 2.45) is 0 Å². The van der Waals surface area contributed by atoms with Crippen LogP contribution in [0, 0.1) is 13.8 Å². The zero-order valence-corrected chi connectivity index (χ0v) is 30.7. The Morgan fingerprint density at radius 1 is 0.674 bits per heavy atom. The second-order valence-electron chi connectivity index (χ2n) is 14.9. The molecule has 0 amide bonds. The molecule has 0 radical (unpaired) electrons. The highest BCUT2D eigenvalue weighted by Gasteiger charge is 2.30. The van der Waals surface area contributed by atoms with Crippen molar-refractivity contribution in [2.45, 2.75) is 158 Å². The molecule has 0 fully saturated rings. The smallest absolute Gasteiger partial charge is 0.504 e. The third-order valence-electron chi connectivity index (χ3n) is 7.38. The minimum absolute atomic E-state index is 0.0854. The van der Waals surface area contributed by atoms with Gasteiger partial charge in [0, 0.05) is 11.1 Å². The molecule has 260 valence electrons. The van der Waals surface area contributed by atoms with Crippen molar-refractivity contribution in [3.63, 3.8) is 0 Å². The lowest BCUT2D eigenvalue weighted by Gasteiger charge is -2.26. The van der Waals surface area contributed by atoms with Crippen LogP contribution < -0.4 is 9.47 Å². The predicted octanol–water partition coefficient (Wildman–Crippen LogP) is 10.5. The molecule has 8 nitrogen and oxygen atoms in total. The Bertz CT molecular complexity index is 1280. The maximum absolute atomic E-state index is 12.7. The van der Waals surface area contributed by atoms with E-state index in [0.717, 1.165) is 25.7 Å². The molecule has 0 aromatic heterocycles. The minimum Gasteiger partial charge on any atom is -0.504 e. The van der Waals surface area contributed by atoms with E-state index >= 15 is 0 Å². The first-order valence-corrected chi connectivity index (χ1v) is 16.3. The van der Waals surface area contributed by atoms with Gasteiger partial charge in [-0.1, -0.05) is 34.9 Å². The Morgan fingerprint density at radius 2 is 1.11 bits per heavy atom. The molecule has 2 N–H and O–H groups in total. The van der Waals surface area contributed by atoms with Crippen molar-refractivity contribution in [1.29, 1.82) is 0 Å². The highest BCUT2D eigenvalue weighted by atomic mass is 16.7. The van der Waals surface area contributed by atoms with E-state index in [-0.39, 0.29) is 35.7 Å². The van der Waals surface area contributed by atoms with Crippen molar-refractivity contribution in [1.82, 2.24) is 0 Å². The minimum atomic E-state index is -1.08. The molecular weight excluding hydrogens is 584 g/mol. The summed E-state index contributed by atoms with van der Waals surface area (Å²) in [7, 11) is 0. The first-order valence-electron chi connectivity index (χ1n) is 16.3. The highest BCUT2D eigenvalue weighted by Crippen LogP contribution is 2.45. The van der Waals surface area contributed by atoms with Crippen LogP contribution in [0.5, 0.6) is 17.2 Å². The van der Waals surface area contributed by atoms with Gasteiger partial charge in [-0.3, -0.25) is 0 Å². The zero-order chi connectivity index (χ0) is 35.5. The van der Waals surface area contributed by atoms with Crippen molar-refractivity contribution >= 4 is 12.3 Å². The summed E-state index contributed by atoms with van der Waals surface area (Å²) in [6.45, 7) is 23.9. The molecule has 0 aliphatic rings. The molecule has 0 saturated heterocycles. The van der Waals surface area contributed by atoms with Gasteiger partial charge in [-0.05, 0) is 147 Å². The van der Waals surface area contributed by atoms with Gasteiger partial charge in [-0.15, -0.1) is 0 Å². The van der Waals surface area contributed by atoms with Crippen LogP contribution in [0.4, 0.5) is 9.59 Å². The molecule has 0 spiro atoms. The maximum Gasteiger partial charge on any atom is 0.514 e. The van der Waals surface area contributed by atoms with Crippen molar-refractivity contribution in [3.05, 3.63) is 51.6 Å². The van der Waals surface area contributed by atoms with E-state index in [4.69, 9.17) is 18.9 Å². The molecule has 1 rings (SSSR count). The average molecular weight is 645 g/mol. The molecule has 0 aliphatic heterocycles. The zero-order valence-electron chi connectivity index (χ0n) is 30.7. The fourth-order valence-electron chi connectivity index (χ4n) is 4.68. The number of ether oxygens (including phenoxy) is 4. The third-order valence-corrected chi connectivity index (χ3v) is 7.38. The molecule has 46 heavy (non-hydrogen) atoms. The van der Waals surface area contributed by atoms with Crippen molar-refractivity contribution in [3.8, 4) is 17.2 Å². The lowest BCUT2D eigenvalue weighted by atomic mass is 9.89. The molecule has 0 heterocycles. The van der Waals surface area contributed by atoms with Crippen LogP contribution in [0.3, 0.4) is 0 Å². The lowest BCUT2D eigenvalue weighted by Crippen LogP contribution is -2.27. The largest absolute Gasteiger partial charge is 0.514 e. The number of hydrogen-bond acceptors (Lipinski definition) is 8. The fraction of sp³-hybridized carbons (Fsp3) is 0.632. The fourth-order valence-corrected chi connectivity index (χ4v) is 4.68. The van der Waals surface area contributed by atoms with Crippen LogP contribution in [0.1, 0.15) is 138 Å². The van der Waals surface area contributed by atoms with Crippen LogP contribution in [0.2, 0.25) is 0 Å². The number of phenolic OH excluding ortho intramolecular Hbond substituents is 1. The summed E-state index contributed by atoms with van der Waals surface area (Å²) in [5, 5.41) is 22.6. The second-order valence-corrected chi connectivity index (χ2v) is 14.9. The molecule has 8 heteroatoms. The van der Waals surface area contributed by atoms with Gasteiger partial charge in [0.1, 0.15) is 17.0 Å². The maximum atomic E-state index is 12.7. The Kier molecular flexibility index (Phi) is 15.6. The van der Waals surface area contributed by atoms with E-state index in [9.17, 15) is 19.8 Å². The summed E-state index contributed by atoms with van der Waals surface area (Å²) in [6, 6.07) is 0. The Balaban J connectivity index is 3.11. The summed E-state index contributed by atoms with van der Waals surface area (Å²) in [6.07, 6.45) is 10.5. The summed E-state index contributed by atoms with van der Waals surface area (Å²) in [4.78, 5) is 25.2. The first kappa shape index (κ1) is 40.8. The number of carbonyl (C=O) groups excluding carboxylic acids is 2. The number of aliphatic hydroxyl groups is 1. The third kappa shape index (κ3) is 15.8. The van der Waals surface area contributed by atoms with E-state index in [1.54, 1.807) is 62.3 Å². The summed E-state index contributed by atoms with van der Waals surface area (Å²) < 4.78 is 21.7. The number of allylic oxidation sites excluding steroid dienone is 6. The van der Waals surface area contributed by atoms with E-state index in [1.165, 1.54) is 16.7 Å². The lowest BCUT2D eigenvalue weighted by molar-refractivity contribution is 0.0175. The summed E-state index contributed by atoms with van der Waals surface area (Å²) in [5.41, 5.74) is 2.45. The topological polar surface area (TPSA) is 112 Å². The van der Waals surface area contributed by atoms with E-state index in [0.29, 0.717) is 24.0 Å². The van der Waals surface area contributed by atoms with Gasteiger partial charge in [0.15, 0.2) is 11.5 Å². The Morgan fingerprint density at radius 3 is 1.59 bits per heavy atom. The van der Waals surface area contributed by atoms with Crippen LogP contribution in [-0.2, 0) is 15.9 Å². The van der Waals surface area contributed by atoms with Gasteiger partial charge < -0.3 is 29.2 Å². The number of carbonyl (C=O) groups is 2. The Labute approximate surface area is 277 Å². The number of aromatic hydroxyl groups is 1. The van der Waals surface area contributed by atoms with E-state index in [2.05, 4.69) is 45.9 Å². The van der Waals surface area contributed by atoms with Crippen LogP contribution in [0.25, 0.3) is 0 Å². The van der Waals surface area contributed by atoms with Crippen LogP contribution in [-0.4, -0.2) is 39.3 Å². The number of benzene rings is 1. The molecule has 0 aliphatic carbocycles. The van der Waals surface area contributed by atoms with E-state index in [1.807, 2.05) is 0 Å². The normalized spacial score (nSPS) is 14.0. The van der Waals surface area contributed by atoms with Gasteiger partial charge in [0.2, 0.25) is 0 Å². The van der Waals surface area contributed by atoms with Crippen molar-refractivity contribution in [2.75, 3.05) is 0 Å². The van der Waals surface area contributed by atoms with Gasteiger partial charge in [-0.2, -0.15) is 0 Å². The molecule has 1 aromatic rings. The first-order chi connectivity index (χ1) is 21.0. The SMILES string of the molecule is CC(C)=CCCC(C)=CCCC(C)=CCC[C@@](C)(O)CCc1c(O)c(OC(=O)OC(C)(C)C)c(C)c(C)c1OC(=O)OC(C)(C)C. The molecule has 1 aromatic carbocycles. The molecular formula is C38H60O8. The monoisotopic (exact) mass is 644 g/mol. The standard InChI is InChI=1S/C38H60O8/c1-25(2)17-14-18-26(3)19-15-20-27(4)21-16-23-38(13,42)24-22-30-31(39)33(44-35(41)46-37(10,11)12)29(6)28(5)32(30)43-34(40)45-36(7,8)9/h17,19,21,39,42H,14-16,18,20,22-24H2,1-13H3/t38-/m1/s1. The molecule has 0 unspecified atom stereocenters. The van der Waals surface area contributed by atoms with Crippen LogP contribution in [0.15, 0.2) is 34.9 Å². The number of hydrogen-bond donors (Lipinski definition) is 2. The van der Waals surface area contributed by atoms with Gasteiger partial charge in [0.25, 0.3) is 0 Å².